The van der Waals surface area contributed by atoms with E-state index in [1.807, 2.05) is 18.2 Å². The van der Waals surface area contributed by atoms with Crippen molar-refractivity contribution in [3.8, 4) is 0 Å². The molecule has 2 nitrogen and oxygen atoms in total. The Bertz CT molecular complexity index is 496. The zero-order chi connectivity index (χ0) is 19.1. The number of carbonyl (C=O) groups is 1. The summed E-state index contributed by atoms with van der Waals surface area (Å²) in [4.78, 5) is 10.9. The molecule has 0 aliphatic rings. The second-order valence-corrected chi connectivity index (χ2v) is 5.60. The van der Waals surface area contributed by atoms with Crippen LogP contribution in [0.25, 0.3) is 0 Å². The molecule has 0 amide bonds. The van der Waals surface area contributed by atoms with Crippen LogP contribution in [0.5, 0.6) is 0 Å². The molecule has 0 saturated heterocycles. The Morgan fingerprint density at radius 2 is 1.00 bits per heavy atom. The fourth-order valence-corrected chi connectivity index (χ4v) is 1.96. The SMILES string of the molecule is COC(=O)CC/C=C\C/C=C\C/C=C\C/C=C\C/C=C\C/C=C\CCF. The Kier molecular flexibility index (Phi) is 19.1. The fraction of sp³-hybridized carbons (Fsp3) is 0.435. The summed E-state index contributed by atoms with van der Waals surface area (Å²) in [6.07, 6.45) is 31.4. The molecule has 26 heavy (non-hydrogen) atoms. The van der Waals surface area contributed by atoms with Gasteiger partial charge in [-0.15, -0.1) is 0 Å². The van der Waals surface area contributed by atoms with Crippen LogP contribution in [0.2, 0.25) is 0 Å². The highest BCUT2D eigenvalue weighted by Gasteiger charge is 1.94. The van der Waals surface area contributed by atoms with Crippen molar-refractivity contribution in [3.05, 3.63) is 72.9 Å². The standard InChI is InChI=1S/C23H33FO2/c1-26-23(25)21-19-17-15-13-11-9-7-5-3-2-4-6-8-10-12-14-16-18-20-22-24/h3-6,9-12,15-18H,2,7-8,13-14,19-22H2,1H3/b5-3-,6-4-,11-9-,12-10-,17-15-,18-16-. The van der Waals surface area contributed by atoms with E-state index in [1.54, 1.807) is 0 Å². The Balaban J connectivity index is 3.53. The van der Waals surface area contributed by atoms with Crippen LogP contribution >= 0.6 is 0 Å². The summed E-state index contributed by atoms with van der Waals surface area (Å²) in [6, 6.07) is 0. The maximum atomic E-state index is 11.8. The minimum absolute atomic E-state index is 0.164. The molecule has 0 fully saturated rings. The lowest BCUT2D eigenvalue weighted by Crippen LogP contribution is -1.97. The summed E-state index contributed by atoms with van der Waals surface area (Å²) in [5.74, 6) is -0.164. The number of rotatable bonds is 15. The molecule has 0 N–H and O–H groups in total. The van der Waals surface area contributed by atoms with E-state index < -0.39 is 0 Å². The number of carbonyl (C=O) groups excluding carboxylic acids is 1. The van der Waals surface area contributed by atoms with Crippen LogP contribution in [0.15, 0.2) is 72.9 Å². The van der Waals surface area contributed by atoms with Crippen molar-refractivity contribution in [2.45, 2.75) is 51.4 Å². The minimum atomic E-state index is -0.276. The number of hydrogen-bond acceptors (Lipinski definition) is 2. The lowest BCUT2D eigenvalue weighted by molar-refractivity contribution is -0.140. The van der Waals surface area contributed by atoms with Gasteiger partial charge >= 0.3 is 5.97 Å². The van der Waals surface area contributed by atoms with Crippen molar-refractivity contribution < 1.29 is 13.9 Å². The van der Waals surface area contributed by atoms with E-state index >= 15 is 0 Å². The van der Waals surface area contributed by atoms with Gasteiger partial charge in [-0.2, -0.15) is 0 Å². The van der Waals surface area contributed by atoms with Crippen molar-refractivity contribution >= 4 is 5.97 Å². The van der Waals surface area contributed by atoms with E-state index in [0.717, 1.165) is 38.5 Å². The van der Waals surface area contributed by atoms with Gasteiger partial charge in [0.1, 0.15) is 0 Å². The van der Waals surface area contributed by atoms with Crippen LogP contribution in [-0.2, 0) is 9.53 Å². The Morgan fingerprint density at radius 1 is 0.654 bits per heavy atom. The molecule has 0 aromatic carbocycles. The summed E-state index contributed by atoms with van der Waals surface area (Å²) in [6.45, 7) is -0.276. The third-order valence-corrected chi connectivity index (χ3v) is 3.38. The van der Waals surface area contributed by atoms with E-state index in [2.05, 4.69) is 59.4 Å². The third-order valence-electron chi connectivity index (χ3n) is 3.38. The maximum absolute atomic E-state index is 11.8. The molecule has 0 bridgehead atoms. The number of ether oxygens (including phenoxy) is 1. The van der Waals surface area contributed by atoms with E-state index in [4.69, 9.17) is 0 Å². The van der Waals surface area contributed by atoms with Crippen molar-refractivity contribution in [2.24, 2.45) is 0 Å². The van der Waals surface area contributed by atoms with E-state index in [1.165, 1.54) is 7.11 Å². The molecule has 0 atom stereocenters. The Morgan fingerprint density at radius 3 is 1.35 bits per heavy atom. The average molecular weight is 361 g/mol. The summed E-state index contributed by atoms with van der Waals surface area (Å²) in [5.41, 5.74) is 0. The van der Waals surface area contributed by atoms with E-state index in [9.17, 15) is 9.18 Å². The van der Waals surface area contributed by atoms with Crippen LogP contribution < -0.4 is 0 Å². The quantitative estimate of drug-likeness (QED) is 0.243. The number of alkyl halides is 1. The van der Waals surface area contributed by atoms with Gasteiger partial charge in [0.25, 0.3) is 0 Å². The topological polar surface area (TPSA) is 26.3 Å². The van der Waals surface area contributed by atoms with Gasteiger partial charge in [-0.25, -0.2) is 0 Å². The highest BCUT2D eigenvalue weighted by molar-refractivity contribution is 5.69. The van der Waals surface area contributed by atoms with Crippen LogP contribution in [0.1, 0.15) is 51.4 Å². The van der Waals surface area contributed by atoms with Gasteiger partial charge in [-0.3, -0.25) is 9.18 Å². The van der Waals surface area contributed by atoms with Crippen molar-refractivity contribution in [1.29, 1.82) is 0 Å². The van der Waals surface area contributed by atoms with Gasteiger partial charge in [-0.05, 0) is 44.9 Å². The largest absolute Gasteiger partial charge is 0.469 e. The monoisotopic (exact) mass is 360 g/mol. The smallest absolute Gasteiger partial charge is 0.305 e. The second-order valence-electron chi connectivity index (χ2n) is 5.60. The van der Waals surface area contributed by atoms with E-state index in [0.29, 0.717) is 12.8 Å². The maximum Gasteiger partial charge on any atom is 0.305 e. The first kappa shape index (κ1) is 23.8. The molecule has 0 saturated carbocycles. The van der Waals surface area contributed by atoms with Gasteiger partial charge in [0, 0.05) is 6.42 Å². The van der Waals surface area contributed by atoms with Crippen molar-refractivity contribution in [2.75, 3.05) is 13.8 Å². The Labute approximate surface area is 158 Å². The minimum Gasteiger partial charge on any atom is -0.469 e. The molecule has 0 spiro atoms. The summed E-state index contributed by atoms with van der Waals surface area (Å²) in [7, 11) is 1.41. The van der Waals surface area contributed by atoms with Gasteiger partial charge in [0.05, 0.1) is 13.8 Å². The molecular weight excluding hydrogens is 327 g/mol. The molecule has 0 aromatic heterocycles. The van der Waals surface area contributed by atoms with Crippen LogP contribution in [0, 0.1) is 0 Å². The molecule has 0 aliphatic carbocycles. The lowest BCUT2D eigenvalue weighted by atomic mass is 10.2. The number of methoxy groups -OCH3 is 1. The summed E-state index contributed by atoms with van der Waals surface area (Å²) >= 11 is 0. The van der Waals surface area contributed by atoms with Gasteiger partial charge in [0.15, 0.2) is 0 Å². The first-order valence-corrected chi connectivity index (χ1v) is 9.34. The fourth-order valence-electron chi connectivity index (χ4n) is 1.96. The van der Waals surface area contributed by atoms with Gasteiger partial charge in [0.2, 0.25) is 0 Å². The molecular formula is C23H33FO2. The van der Waals surface area contributed by atoms with E-state index in [-0.39, 0.29) is 12.6 Å². The molecule has 0 radical (unpaired) electrons. The lowest BCUT2D eigenvalue weighted by Gasteiger charge is -1.93. The summed E-state index contributed by atoms with van der Waals surface area (Å²) < 4.78 is 16.4. The van der Waals surface area contributed by atoms with Crippen LogP contribution in [0.3, 0.4) is 0 Å². The first-order chi connectivity index (χ1) is 12.8. The molecule has 0 aromatic rings. The molecule has 144 valence electrons. The number of esters is 1. The number of allylic oxidation sites excluding steroid dienone is 12. The predicted molar refractivity (Wildman–Crippen MR) is 110 cm³/mol. The van der Waals surface area contributed by atoms with Gasteiger partial charge < -0.3 is 4.74 Å². The highest BCUT2D eigenvalue weighted by Crippen LogP contribution is 1.98. The zero-order valence-corrected chi connectivity index (χ0v) is 16.0. The molecule has 0 heterocycles. The second kappa shape index (κ2) is 20.9. The summed E-state index contributed by atoms with van der Waals surface area (Å²) in [5, 5.41) is 0. The molecule has 0 unspecified atom stereocenters. The number of hydrogen-bond donors (Lipinski definition) is 0. The van der Waals surface area contributed by atoms with Crippen molar-refractivity contribution in [3.63, 3.8) is 0 Å². The first-order valence-electron chi connectivity index (χ1n) is 9.34. The average Bonchev–Trinajstić information content (AvgIpc) is 2.66. The van der Waals surface area contributed by atoms with Crippen LogP contribution in [0.4, 0.5) is 4.39 Å². The van der Waals surface area contributed by atoms with Crippen LogP contribution in [-0.4, -0.2) is 19.8 Å². The van der Waals surface area contributed by atoms with Gasteiger partial charge in [-0.1, -0.05) is 72.9 Å². The molecule has 0 rings (SSSR count). The Hall–Kier alpha value is -2.16. The number of halogens is 1. The third kappa shape index (κ3) is 19.9. The van der Waals surface area contributed by atoms with Crippen molar-refractivity contribution in [1.82, 2.24) is 0 Å². The predicted octanol–water partition coefficient (Wildman–Crippen LogP) is 6.59. The molecule has 0 aliphatic heterocycles. The highest BCUT2D eigenvalue weighted by atomic mass is 19.1. The molecule has 3 heteroatoms. The normalized spacial score (nSPS) is 12.8. The zero-order valence-electron chi connectivity index (χ0n) is 16.0.